The van der Waals surface area contributed by atoms with Crippen LogP contribution in [0.3, 0.4) is 0 Å². The van der Waals surface area contributed by atoms with Gasteiger partial charge in [-0.05, 0) is 24.1 Å². The Morgan fingerprint density at radius 2 is 2.00 bits per heavy atom. The average molecular weight is 257 g/mol. The van der Waals surface area contributed by atoms with Crippen LogP contribution in [0.15, 0.2) is 18.2 Å². The Hall–Kier alpha value is -0.700. The first-order chi connectivity index (χ1) is 6.81. The van der Waals surface area contributed by atoms with Crippen LogP contribution in [0, 0.1) is 0 Å². The molecule has 1 atom stereocenters. The van der Waals surface area contributed by atoms with Crippen molar-refractivity contribution in [1.82, 2.24) is 0 Å². The Morgan fingerprint density at radius 3 is 2.71 bits per heavy atom. The Balaban J connectivity index is 2.29. The summed E-state index contributed by atoms with van der Waals surface area (Å²) in [6.07, 6.45) is 1.07. The summed E-state index contributed by atoms with van der Waals surface area (Å²) in [5.74, 6) is 1.72. The maximum absolute atomic E-state index is 5.51. The van der Waals surface area contributed by atoms with Gasteiger partial charge >= 0.3 is 0 Å². The molecule has 76 valence electrons. The topological polar surface area (TPSA) is 18.5 Å². The second-order valence-electron chi connectivity index (χ2n) is 3.28. The molecule has 2 rings (SSSR count). The maximum Gasteiger partial charge on any atom is 0.161 e. The number of alkyl halides is 1. The zero-order valence-corrected chi connectivity index (χ0v) is 9.71. The van der Waals surface area contributed by atoms with Crippen molar-refractivity contribution in [3.63, 3.8) is 0 Å². The van der Waals surface area contributed by atoms with E-state index in [2.05, 4.69) is 35.0 Å². The third-order valence-corrected chi connectivity index (χ3v) is 3.46. The van der Waals surface area contributed by atoms with Crippen LogP contribution in [0.25, 0.3) is 0 Å². The highest BCUT2D eigenvalue weighted by atomic mass is 79.9. The first-order valence-corrected chi connectivity index (χ1v) is 5.76. The van der Waals surface area contributed by atoms with Gasteiger partial charge in [0.15, 0.2) is 11.5 Å². The van der Waals surface area contributed by atoms with Gasteiger partial charge in [-0.3, -0.25) is 0 Å². The molecule has 0 spiro atoms. The van der Waals surface area contributed by atoms with E-state index in [-0.39, 0.29) is 0 Å². The van der Waals surface area contributed by atoms with Gasteiger partial charge in [-0.15, -0.1) is 0 Å². The molecule has 1 aliphatic heterocycles. The standard InChI is InChI=1S/C11H13BrO2/c1-2-9(12)8-3-4-10-11(7-8)14-6-5-13-10/h3-4,7,9H,2,5-6H2,1H3. The van der Waals surface area contributed by atoms with Gasteiger partial charge in [0.2, 0.25) is 0 Å². The molecule has 3 heteroatoms. The van der Waals surface area contributed by atoms with Crippen molar-refractivity contribution in [2.24, 2.45) is 0 Å². The van der Waals surface area contributed by atoms with Crippen LogP contribution in [0.4, 0.5) is 0 Å². The van der Waals surface area contributed by atoms with Gasteiger partial charge in [0.05, 0.1) is 0 Å². The van der Waals surface area contributed by atoms with Crippen molar-refractivity contribution < 1.29 is 9.47 Å². The van der Waals surface area contributed by atoms with E-state index in [1.165, 1.54) is 5.56 Å². The lowest BCUT2D eigenvalue weighted by Gasteiger charge is -2.19. The fourth-order valence-electron chi connectivity index (χ4n) is 1.49. The maximum atomic E-state index is 5.51. The molecule has 0 aliphatic carbocycles. The van der Waals surface area contributed by atoms with Crippen molar-refractivity contribution in [3.05, 3.63) is 23.8 Å². The molecule has 0 fully saturated rings. The number of hydrogen-bond donors (Lipinski definition) is 0. The molecule has 0 saturated carbocycles. The third kappa shape index (κ3) is 1.87. The van der Waals surface area contributed by atoms with Crippen molar-refractivity contribution in [1.29, 1.82) is 0 Å². The lowest BCUT2D eigenvalue weighted by molar-refractivity contribution is 0.171. The molecule has 1 aromatic rings. The van der Waals surface area contributed by atoms with E-state index in [1.54, 1.807) is 0 Å². The number of ether oxygens (including phenoxy) is 2. The minimum atomic E-state index is 0.401. The van der Waals surface area contributed by atoms with E-state index in [1.807, 2.05) is 6.07 Å². The summed E-state index contributed by atoms with van der Waals surface area (Å²) < 4.78 is 11.0. The van der Waals surface area contributed by atoms with Crippen LogP contribution in [0.5, 0.6) is 11.5 Å². The predicted octanol–water partition coefficient (Wildman–Crippen LogP) is 3.30. The van der Waals surface area contributed by atoms with Crippen LogP contribution in [0.2, 0.25) is 0 Å². The van der Waals surface area contributed by atoms with Crippen molar-refractivity contribution in [2.75, 3.05) is 13.2 Å². The van der Waals surface area contributed by atoms with Gasteiger partial charge in [0.1, 0.15) is 13.2 Å². The largest absolute Gasteiger partial charge is 0.486 e. The van der Waals surface area contributed by atoms with Gasteiger partial charge in [0.25, 0.3) is 0 Å². The van der Waals surface area contributed by atoms with Crippen LogP contribution in [-0.2, 0) is 0 Å². The molecule has 14 heavy (non-hydrogen) atoms. The van der Waals surface area contributed by atoms with Crippen LogP contribution < -0.4 is 9.47 Å². The SMILES string of the molecule is CCC(Br)c1ccc2c(c1)OCCO2. The highest BCUT2D eigenvalue weighted by Gasteiger charge is 2.13. The van der Waals surface area contributed by atoms with E-state index < -0.39 is 0 Å². The molecule has 0 radical (unpaired) electrons. The molecule has 1 aromatic carbocycles. The third-order valence-electron chi connectivity index (χ3n) is 2.29. The van der Waals surface area contributed by atoms with Crippen LogP contribution in [0.1, 0.15) is 23.7 Å². The zero-order valence-electron chi connectivity index (χ0n) is 8.13. The summed E-state index contributed by atoms with van der Waals surface area (Å²) in [5, 5.41) is 0. The Morgan fingerprint density at radius 1 is 1.29 bits per heavy atom. The van der Waals surface area contributed by atoms with Gasteiger partial charge in [0, 0.05) is 4.83 Å². The molecule has 1 heterocycles. The van der Waals surface area contributed by atoms with E-state index in [9.17, 15) is 0 Å². The summed E-state index contributed by atoms with van der Waals surface area (Å²) in [6.45, 7) is 3.45. The Bertz CT molecular complexity index is 325. The van der Waals surface area contributed by atoms with Gasteiger partial charge in [-0.25, -0.2) is 0 Å². The van der Waals surface area contributed by atoms with Crippen molar-refractivity contribution in [3.8, 4) is 11.5 Å². The molecular weight excluding hydrogens is 244 g/mol. The molecule has 0 aromatic heterocycles. The summed E-state index contributed by atoms with van der Waals surface area (Å²) in [6, 6.07) is 6.11. The van der Waals surface area contributed by atoms with Gasteiger partial charge in [-0.2, -0.15) is 0 Å². The Kier molecular flexibility index (Phi) is 2.96. The number of hydrogen-bond acceptors (Lipinski definition) is 2. The Labute approximate surface area is 92.3 Å². The van der Waals surface area contributed by atoms with E-state index in [4.69, 9.17) is 9.47 Å². The average Bonchev–Trinajstić information content (AvgIpc) is 2.27. The summed E-state index contributed by atoms with van der Waals surface area (Å²) in [7, 11) is 0. The molecule has 1 unspecified atom stereocenters. The summed E-state index contributed by atoms with van der Waals surface area (Å²) in [5.41, 5.74) is 1.25. The normalized spacial score (nSPS) is 16.4. The molecule has 2 nitrogen and oxygen atoms in total. The fraction of sp³-hybridized carbons (Fsp3) is 0.455. The highest BCUT2D eigenvalue weighted by Crippen LogP contribution is 2.35. The molecule has 0 amide bonds. The van der Waals surface area contributed by atoms with Crippen molar-refractivity contribution >= 4 is 15.9 Å². The number of halogens is 1. The monoisotopic (exact) mass is 256 g/mol. The number of rotatable bonds is 2. The second-order valence-corrected chi connectivity index (χ2v) is 4.38. The minimum absolute atomic E-state index is 0.401. The zero-order chi connectivity index (χ0) is 9.97. The predicted molar refractivity (Wildman–Crippen MR) is 59.4 cm³/mol. The van der Waals surface area contributed by atoms with E-state index in [0.717, 1.165) is 17.9 Å². The first kappa shape index (κ1) is 9.84. The number of benzene rings is 1. The lowest BCUT2D eigenvalue weighted by Crippen LogP contribution is -2.15. The van der Waals surface area contributed by atoms with Crippen LogP contribution in [-0.4, -0.2) is 13.2 Å². The number of fused-ring (bicyclic) bond motifs is 1. The lowest BCUT2D eigenvalue weighted by atomic mass is 10.1. The molecule has 1 aliphatic rings. The summed E-state index contributed by atoms with van der Waals surface area (Å²) in [4.78, 5) is 0.401. The molecular formula is C11H13BrO2. The second kappa shape index (κ2) is 4.22. The molecule has 0 N–H and O–H groups in total. The van der Waals surface area contributed by atoms with Gasteiger partial charge in [-0.1, -0.05) is 28.9 Å². The van der Waals surface area contributed by atoms with E-state index in [0.29, 0.717) is 18.0 Å². The van der Waals surface area contributed by atoms with E-state index >= 15 is 0 Å². The minimum Gasteiger partial charge on any atom is -0.486 e. The molecule has 0 saturated heterocycles. The molecule has 0 bridgehead atoms. The van der Waals surface area contributed by atoms with Crippen LogP contribution >= 0.6 is 15.9 Å². The van der Waals surface area contributed by atoms with Gasteiger partial charge < -0.3 is 9.47 Å². The highest BCUT2D eigenvalue weighted by molar-refractivity contribution is 9.09. The smallest absolute Gasteiger partial charge is 0.161 e. The first-order valence-electron chi connectivity index (χ1n) is 4.85. The summed E-state index contributed by atoms with van der Waals surface area (Å²) >= 11 is 3.62. The van der Waals surface area contributed by atoms with Crippen molar-refractivity contribution in [2.45, 2.75) is 18.2 Å². The fourth-order valence-corrected chi connectivity index (χ4v) is 1.78. The quantitative estimate of drug-likeness (QED) is 0.757.